The molecule has 0 radical (unpaired) electrons. The Morgan fingerprint density at radius 3 is 2.69 bits per heavy atom. The van der Waals surface area contributed by atoms with Crippen LogP contribution in [0, 0.1) is 0 Å². The van der Waals surface area contributed by atoms with Crippen LogP contribution in [0.1, 0.15) is 37.4 Å². The van der Waals surface area contributed by atoms with Crippen molar-refractivity contribution in [2.45, 2.75) is 26.7 Å². The predicted octanol–water partition coefficient (Wildman–Crippen LogP) is 3.86. The van der Waals surface area contributed by atoms with Gasteiger partial charge in [0.25, 0.3) is 0 Å². The topological polar surface area (TPSA) is 12.9 Å². The van der Waals surface area contributed by atoms with Crippen LogP contribution in [0.5, 0.6) is 0 Å². The average Bonchev–Trinajstić information content (AvgIpc) is 2.53. The van der Waals surface area contributed by atoms with Crippen molar-refractivity contribution in [3.8, 4) is 0 Å². The summed E-state index contributed by atoms with van der Waals surface area (Å²) in [6.45, 7) is 6.33. The Balaban J connectivity index is 2.69. The van der Waals surface area contributed by atoms with Gasteiger partial charge < -0.3 is 0 Å². The van der Waals surface area contributed by atoms with E-state index in [4.69, 9.17) is 0 Å². The van der Waals surface area contributed by atoms with E-state index < -0.39 is 0 Å². The Hall–Kier alpha value is -0.890. The minimum atomic E-state index is 0.536. The number of aromatic nitrogens is 1. The molecule has 70 valence electrons. The molecule has 1 nitrogen and oxygen atoms in total. The maximum absolute atomic E-state index is 4.48. The molecule has 13 heavy (non-hydrogen) atoms. The number of hydrogen-bond donors (Lipinski definition) is 0. The number of rotatable bonds is 3. The lowest BCUT2D eigenvalue weighted by atomic mass is 10.2. The summed E-state index contributed by atoms with van der Waals surface area (Å²) in [5, 5.41) is 3.30. The minimum absolute atomic E-state index is 0.536. The second-order valence-corrected chi connectivity index (χ2v) is 4.04. The Morgan fingerprint density at radius 2 is 2.15 bits per heavy atom. The van der Waals surface area contributed by atoms with Crippen LogP contribution in [0.15, 0.2) is 23.6 Å². The van der Waals surface area contributed by atoms with Gasteiger partial charge in [0.15, 0.2) is 0 Å². The van der Waals surface area contributed by atoms with Crippen molar-refractivity contribution in [2.75, 3.05) is 0 Å². The first-order chi connectivity index (χ1) is 6.24. The van der Waals surface area contributed by atoms with E-state index in [0.717, 1.165) is 5.69 Å². The third-order valence-corrected chi connectivity index (χ3v) is 2.77. The molecule has 0 aromatic carbocycles. The van der Waals surface area contributed by atoms with Crippen LogP contribution in [-0.4, -0.2) is 4.98 Å². The fourth-order valence-electron chi connectivity index (χ4n) is 0.908. The summed E-state index contributed by atoms with van der Waals surface area (Å²) in [5.41, 5.74) is 1.06. The molecule has 0 aliphatic rings. The fourth-order valence-corrected chi connectivity index (χ4v) is 1.71. The largest absolute Gasteiger partial charge is 0.242 e. The van der Waals surface area contributed by atoms with E-state index in [1.165, 1.54) is 5.01 Å². The third-order valence-electron chi connectivity index (χ3n) is 1.60. The maximum Gasteiger partial charge on any atom is 0.0957 e. The normalized spacial score (nSPS) is 12.3. The molecule has 0 aliphatic heterocycles. The second kappa shape index (κ2) is 4.97. The van der Waals surface area contributed by atoms with Crippen LogP contribution in [0.2, 0.25) is 0 Å². The number of thiazole rings is 1. The monoisotopic (exact) mass is 193 g/mol. The molecule has 0 N–H and O–H groups in total. The summed E-state index contributed by atoms with van der Waals surface area (Å²) in [6, 6.07) is 0. The standard InChI is InChI=1S/C11H15NS/c1-4-5-6-7-10-8-13-11(12-10)9(2)3/h4-9H,1-3H3/b5-4+,7-6-. The van der Waals surface area contributed by atoms with Gasteiger partial charge in [0, 0.05) is 11.3 Å². The molecule has 1 aromatic heterocycles. The van der Waals surface area contributed by atoms with Crippen molar-refractivity contribution in [1.82, 2.24) is 4.98 Å². The first kappa shape index (κ1) is 10.2. The Morgan fingerprint density at radius 1 is 1.38 bits per heavy atom. The van der Waals surface area contributed by atoms with Crippen molar-refractivity contribution >= 4 is 17.4 Å². The molecule has 0 fully saturated rings. The first-order valence-corrected chi connectivity index (χ1v) is 5.36. The Bertz CT molecular complexity index is 308. The smallest absolute Gasteiger partial charge is 0.0957 e. The Kier molecular flexibility index (Phi) is 3.90. The van der Waals surface area contributed by atoms with E-state index in [0.29, 0.717) is 5.92 Å². The highest BCUT2D eigenvalue weighted by Gasteiger charge is 2.02. The van der Waals surface area contributed by atoms with E-state index in [9.17, 15) is 0 Å². The number of nitrogens with zero attached hydrogens (tertiary/aromatic N) is 1. The lowest BCUT2D eigenvalue weighted by molar-refractivity contribution is 0.851. The van der Waals surface area contributed by atoms with E-state index in [-0.39, 0.29) is 0 Å². The van der Waals surface area contributed by atoms with Crippen LogP contribution in [0.25, 0.3) is 6.08 Å². The van der Waals surface area contributed by atoms with Crippen LogP contribution in [-0.2, 0) is 0 Å². The quantitative estimate of drug-likeness (QED) is 0.664. The van der Waals surface area contributed by atoms with Crippen molar-refractivity contribution in [3.63, 3.8) is 0 Å². The summed E-state index contributed by atoms with van der Waals surface area (Å²) in [6.07, 6.45) is 8.06. The van der Waals surface area contributed by atoms with Crippen LogP contribution in [0.3, 0.4) is 0 Å². The van der Waals surface area contributed by atoms with E-state index in [1.54, 1.807) is 11.3 Å². The molecule has 0 saturated carbocycles. The zero-order valence-corrected chi connectivity index (χ0v) is 9.14. The van der Waals surface area contributed by atoms with Crippen molar-refractivity contribution < 1.29 is 0 Å². The van der Waals surface area contributed by atoms with Gasteiger partial charge in [-0.05, 0) is 13.0 Å². The van der Waals surface area contributed by atoms with Crippen LogP contribution >= 0.6 is 11.3 Å². The van der Waals surface area contributed by atoms with Gasteiger partial charge >= 0.3 is 0 Å². The van der Waals surface area contributed by atoms with Gasteiger partial charge in [-0.3, -0.25) is 0 Å². The highest BCUT2D eigenvalue weighted by molar-refractivity contribution is 7.09. The van der Waals surface area contributed by atoms with Gasteiger partial charge in [0.05, 0.1) is 10.7 Å². The molecular weight excluding hydrogens is 178 g/mol. The average molecular weight is 193 g/mol. The van der Waals surface area contributed by atoms with Gasteiger partial charge in [0.2, 0.25) is 0 Å². The lowest BCUT2D eigenvalue weighted by Crippen LogP contribution is -1.84. The molecule has 0 amide bonds. The molecule has 0 unspecified atom stereocenters. The third kappa shape index (κ3) is 3.15. The van der Waals surface area contributed by atoms with Crippen LogP contribution < -0.4 is 0 Å². The summed E-state index contributed by atoms with van der Waals surface area (Å²) < 4.78 is 0. The van der Waals surface area contributed by atoms with Gasteiger partial charge in [-0.1, -0.05) is 32.1 Å². The molecule has 0 atom stereocenters. The van der Waals surface area contributed by atoms with Crippen molar-refractivity contribution in [3.05, 3.63) is 34.3 Å². The lowest BCUT2D eigenvalue weighted by Gasteiger charge is -1.94. The highest BCUT2D eigenvalue weighted by atomic mass is 32.1. The summed E-state index contributed by atoms with van der Waals surface area (Å²) in [5.74, 6) is 0.536. The summed E-state index contributed by atoms with van der Waals surface area (Å²) in [7, 11) is 0. The molecule has 1 aromatic rings. The second-order valence-electron chi connectivity index (χ2n) is 3.15. The Labute approximate surface area is 83.8 Å². The van der Waals surface area contributed by atoms with Crippen molar-refractivity contribution in [2.24, 2.45) is 0 Å². The summed E-state index contributed by atoms with van der Waals surface area (Å²) >= 11 is 1.73. The van der Waals surface area contributed by atoms with E-state index in [1.807, 2.05) is 31.2 Å². The highest BCUT2D eigenvalue weighted by Crippen LogP contribution is 2.19. The van der Waals surface area contributed by atoms with E-state index in [2.05, 4.69) is 24.2 Å². The zero-order chi connectivity index (χ0) is 9.68. The molecule has 0 spiro atoms. The first-order valence-electron chi connectivity index (χ1n) is 4.49. The molecule has 1 rings (SSSR count). The number of hydrogen-bond acceptors (Lipinski definition) is 2. The van der Waals surface area contributed by atoms with Crippen molar-refractivity contribution in [1.29, 1.82) is 0 Å². The predicted molar refractivity (Wildman–Crippen MR) is 60.1 cm³/mol. The van der Waals surface area contributed by atoms with Crippen LogP contribution in [0.4, 0.5) is 0 Å². The maximum atomic E-state index is 4.48. The van der Waals surface area contributed by atoms with Gasteiger partial charge in [-0.15, -0.1) is 11.3 Å². The molecule has 0 saturated heterocycles. The minimum Gasteiger partial charge on any atom is -0.242 e. The molecular formula is C11H15NS. The van der Waals surface area contributed by atoms with E-state index >= 15 is 0 Å². The van der Waals surface area contributed by atoms with Gasteiger partial charge in [-0.2, -0.15) is 0 Å². The summed E-state index contributed by atoms with van der Waals surface area (Å²) in [4.78, 5) is 4.48. The molecule has 0 bridgehead atoms. The number of allylic oxidation sites excluding steroid dienone is 3. The molecule has 2 heteroatoms. The molecule has 0 aliphatic carbocycles. The van der Waals surface area contributed by atoms with Gasteiger partial charge in [0.1, 0.15) is 0 Å². The SMILES string of the molecule is C/C=C/C=C\c1csc(C(C)C)n1. The van der Waals surface area contributed by atoms with Gasteiger partial charge in [-0.25, -0.2) is 4.98 Å². The zero-order valence-electron chi connectivity index (χ0n) is 8.32. The molecule has 1 heterocycles. The fraction of sp³-hybridized carbons (Fsp3) is 0.364.